The average molecular weight is 266 g/mol. The van der Waals surface area contributed by atoms with Gasteiger partial charge in [0.05, 0.1) is 0 Å². The summed E-state index contributed by atoms with van der Waals surface area (Å²) >= 11 is 0. The smallest absolute Gasteiger partial charge is 0.0361 e. The van der Waals surface area contributed by atoms with Crippen molar-refractivity contribution in [2.24, 2.45) is 0 Å². The first-order valence-corrected chi connectivity index (χ1v) is 6.79. The van der Waals surface area contributed by atoms with Gasteiger partial charge in [0, 0.05) is 39.6 Å². The number of rotatable bonds is 4. The van der Waals surface area contributed by atoms with Crippen molar-refractivity contribution in [3.63, 3.8) is 0 Å². The van der Waals surface area contributed by atoms with E-state index >= 15 is 0 Å². The Balaban J connectivity index is 2.08. The SMILES string of the molecule is CN(C)c1ccc(/C=C/c2ccc(N(C)C)cc2)cc1. The Hall–Kier alpha value is -2.22. The van der Waals surface area contributed by atoms with Gasteiger partial charge in [0.2, 0.25) is 0 Å². The molecule has 0 atom stereocenters. The minimum Gasteiger partial charge on any atom is -0.378 e. The quantitative estimate of drug-likeness (QED) is 0.772. The van der Waals surface area contributed by atoms with E-state index in [1.165, 1.54) is 22.5 Å². The van der Waals surface area contributed by atoms with Crippen molar-refractivity contribution in [2.75, 3.05) is 38.0 Å². The molecule has 2 heteroatoms. The molecule has 0 aliphatic heterocycles. The van der Waals surface area contributed by atoms with Crippen molar-refractivity contribution in [1.29, 1.82) is 0 Å². The van der Waals surface area contributed by atoms with Gasteiger partial charge in [0.15, 0.2) is 0 Å². The van der Waals surface area contributed by atoms with Gasteiger partial charge in [-0.05, 0) is 35.4 Å². The highest BCUT2D eigenvalue weighted by Gasteiger charge is 1.95. The fourth-order valence-electron chi connectivity index (χ4n) is 1.96. The van der Waals surface area contributed by atoms with Gasteiger partial charge in [-0.25, -0.2) is 0 Å². The minimum absolute atomic E-state index is 1.22. The van der Waals surface area contributed by atoms with Crippen LogP contribution in [-0.2, 0) is 0 Å². The van der Waals surface area contributed by atoms with E-state index < -0.39 is 0 Å². The van der Waals surface area contributed by atoms with E-state index in [0.717, 1.165) is 0 Å². The lowest BCUT2D eigenvalue weighted by atomic mass is 10.1. The molecular weight excluding hydrogens is 244 g/mol. The summed E-state index contributed by atoms with van der Waals surface area (Å²) in [5.41, 5.74) is 4.87. The number of hydrogen-bond donors (Lipinski definition) is 0. The third-order valence-electron chi connectivity index (χ3n) is 3.29. The van der Waals surface area contributed by atoms with Crippen LogP contribution in [0.15, 0.2) is 48.5 Å². The largest absolute Gasteiger partial charge is 0.378 e. The lowest BCUT2D eigenvalue weighted by molar-refractivity contribution is 1.13. The molecule has 2 nitrogen and oxygen atoms in total. The van der Waals surface area contributed by atoms with Crippen LogP contribution in [0, 0.1) is 0 Å². The van der Waals surface area contributed by atoms with Crippen molar-refractivity contribution >= 4 is 23.5 Å². The van der Waals surface area contributed by atoms with Crippen molar-refractivity contribution in [3.8, 4) is 0 Å². The second-order valence-corrected chi connectivity index (χ2v) is 5.31. The van der Waals surface area contributed by atoms with Crippen LogP contribution >= 0.6 is 0 Å². The van der Waals surface area contributed by atoms with Crippen LogP contribution < -0.4 is 9.80 Å². The first kappa shape index (κ1) is 14.2. The van der Waals surface area contributed by atoms with E-state index in [9.17, 15) is 0 Å². The molecule has 0 radical (unpaired) electrons. The number of benzene rings is 2. The van der Waals surface area contributed by atoms with Crippen LogP contribution in [0.4, 0.5) is 11.4 Å². The zero-order chi connectivity index (χ0) is 14.5. The van der Waals surface area contributed by atoms with Gasteiger partial charge < -0.3 is 9.80 Å². The van der Waals surface area contributed by atoms with E-state index in [2.05, 4.69) is 98.7 Å². The molecule has 104 valence electrons. The molecule has 2 rings (SSSR count). The molecule has 0 aromatic heterocycles. The van der Waals surface area contributed by atoms with Gasteiger partial charge in [-0.3, -0.25) is 0 Å². The third-order valence-corrected chi connectivity index (χ3v) is 3.29. The van der Waals surface area contributed by atoms with Gasteiger partial charge in [-0.1, -0.05) is 36.4 Å². The molecule has 20 heavy (non-hydrogen) atoms. The summed E-state index contributed by atoms with van der Waals surface area (Å²) < 4.78 is 0. The molecule has 0 saturated carbocycles. The van der Waals surface area contributed by atoms with Crippen molar-refractivity contribution < 1.29 is 0 Å². The Kier molecular flexibility index (Phi) is 4.46. The zero-order valence-electron chi connectivity index (χ0n) is 12.7. The summed E-state index contributed by atoms with van der Waals surface area (Å²) in [7, 11) is 8.21. The molecular formula is C18H22N2. The standard InChI is InChI=1S/C18H22N2/c1-19(2)17-11-7-15(8-12-17)5-6-16-9-13-18(14-10-16)20(3)4/h5-14H,1-4H3/b6-5+. The average Bonchev–Trinajstić information content (AvgIpc) is 2.46. The van der Waals surface area contributed by atoms with Gasteiger partial charge in [0.1, 0.15) is 0 Å². The zero-order valence-corrected chi connectivity index (χ0v) is 12.7. The molecule has 2 aromatic carbocycles. The van der Waals surface area contributed by atoms with Gasteiger partial charge >= 0.3 is 0 Å². The molecule has 0 saturated heterocycles. The van der Waals surface area contributed by atoms with Crippen LogP contribution in [-0.4, -0.2) is 28.2 Å². The maximum absolute atomic E-state index is 2.14. The normalized spacial score (nSPS) is 10.8. The molecule has 2 aromatic rings. The fourth-order valence-corrected chi connectivity index (χ4v) is 1.96. The Morgan fingerprint density at radius 1 is 0.550 bits per heavy atom. The molecule has 0 N–H and O–H groups in total. The number of nitrogens with zero attached hydrogens (tertiary/aromatic N) is 2. The maximum Gasteiger partial charge on any atom is 0.0361 e. The molecule has 0 spiro atoms. The molecule has 0 heterocycles. The summed E-state index contributed by atoms with van der Waals surface area (Å²) in [5.74, 6) is 0. The highest BCUT2D eigenvalue weighted by atomic mass is 15.1. The predicted molar refractivity (Wildman–Crippen MR) is 90.5 cm³/mol. The second-order valence-electron chi connectivity index (χ2n) is 5.31. The molecule has 0 amide bonds. The molecule has 0 bridgehead atoms. The van der Waals surface area contributed by atoms with E-state index in [1.54, 1.807) is 0 Å². The Morgan fingerprint density at radius 2 is 0.850 bits per heavy atom. The Morgan fingerprint density at radius 3 is 1.10 bits per heavy atom. The van der Waals surface area contributed by atoms with Gasteiger partial charge in [-0.15, -0.1) is 0 Å². The number of hydrogen-bond acceptors (Lipinski definition) is 2. The summed E-state index contributed by atoms with van der Waals surface area (Å²) in [6.45, 7) is 0. The maximum atomic E-state index is 2.14. The first-order valence-electron chi connectivity index (χ1n) is 6.79. The van der Waals surface area contributed by atoms with Crippen LogP contribution in [0.3, 0.4) is 0 Å². The Labute approximate surface area is 122 Å². The lowest BCUT2D eigenvalue weighted by Gasteiger charge is -2.12. The van der Waals surface area contributed by atoms with E-state index in [0.29, 0.717) is 0 Å². The van der Waals surface area contributed by atoms with Crippen LogP contribution in [0.5, 0.6) is 0 Å². The van der Waals surface area contributed by atoms with Crippen LogP contribution in [0.25, 0.3) is 12.2 Å². The summed E-state index contributed by atoms with van der Waals surface area (Å²) in [4.78, 5) is 4.21. The monoisotopic (exact) mass is 266 g/mol. The van der Waals surface area contributed by atoms with E-state index in [-0.39, 0.29) is 0 Å². The highest BCUT2D eigenvalue weighted by Crippen LogP contribution is 2.16. The summed E-state index contributed by atoms with van der Waals surface area (Å²) in [6, 6.07) is 17.1. The third kappa shape index (κ3) is 3.64. The second kappa shape index (κ2) is 6.29. The van der Waals surface area contributed by atoms with E-state index in [4.69, 9.17) is 0 Å². The van der Waals surface area contributed by atoms with Crippen LogP contribution in [0.1, 0.15) is 11.1 Å². The highest BCUT2D eigenvalue weighted by molar-refractivity contribution is 5.71. The summed E-state index contributed by atoms with van der Waals surface area (Å²) in [5, 5.41) is 0. The lowest BCUT2D eigenvalue weighted by Crippen LogP contribution is -2.07. The molecule has 0 unspecified atom stereocenters. The topological polar surface area (TPSA) is 6.48 Å². The number of anilines is 2. The molecule has 0 aliphatic carbocycles. The van der Waals surface area contributed by atoms with Crippen molar-refractivity contribution in [3.05, 3.63) is 59.7 Å². The van der Waals surface area contributed by atoms with Crippen molar-refractivity contribution in [1.82, 2.24) is 0 Å². The first-order chi connectivity index (χ1) is 9.56. The van der Waals surface area contributed by atoms with E-state index in [1.807, 2.05) is 0 Å². The Bertz CT molecular complexity index is 510. The minimum atomic E-state index is 1.22. The van der Waals surface area contributed by atoms with Crippen LogP contribution in [0.2, 0.25) is 0 Å². The van der Waals surface area contributed by atoms with Gasteiger partial charge in [-0.2, -0.15) is 0 Å². The molecule has 0 aliphatic rings. The molecule has 0 fully saturated rings. The summed E-state index contributed by atoms with van der Waals surface area (Å²) in [6.07, 6.45) is 4.29. The van der Waals surface area contributed by atoms with Gasteiger partial charge in [0.25, 0.3) is 0 Å². The predicted octanol–water partition coefficient (Wildman–Crippen LogP) is 3.99. The van der Waals surface area contributed by atoms with Crippen molar-refractivity contribution in [2.45, 2.75) is 0 Å². The fraction of sp³-hybridized carbons (Fsp3) is 0.222.